The van der Waals surface area contributed by atoms with Crippen molar-refractivity contribution >= 4 is 21.3 Å². The van der Waals surface area contributed by atoms with Crippen molar-refractivity contribution < 1.29 is 31.9 Å². The van der Waals surface area contributed by atoms with Gasteiger partial charge in [0.2, 0.25) is 0 Å². The Balaban J connectivity index is 0.000000612. The van der Waals surface area contributed by atoms with Crippen LogP contribution < -0.4 is 14.0 Å². The van der Waals surface area contributed by atoms with E-state index in [9.17, 15) is 8.42 Å². The third-order valence-corrected chi connectivity index (χ3v) is 9.11. The zero-order valence-corrected chi connectivity index (χ0v) is 26.6. The van der Waals surface area contributed by atoms with Crippen LogP contribution in [0.1, 0.15) is 50.8 Å². The van der Waals surface area contributed by atoms with Crippen LogP contribution in [0.2, 0.25) is 0 Å². The van der Waals surface area contributed by atoms with Gasteiger partial charge in [-0.25, -0.2) is 4.52 Å². The van der Waals surface area contributed by atoms with E-state index < -0.39 is 10.1 Å². The summed E-state index contributed by atoms with van der Waals surface area (Å²) in [6.07, 6.45) is 5.74. The van der Waals surface area contributed by atoms with E-state index >= 15 is 0 Å². The summed E-state index contributed by atoms with van der Waals surface area (Å²) in [6, 6.07) is 11.1. The van der Waals surface area contributed by atoms with Crippen LogP contribution in [0.25, 0.3) is 16.8 Å². The van der Waals surface area contributed by atoms with Crippen molar-refractivity contribution in [2.45, 2.75) is 58.6 Å². The molecule has 0 radical (unpaired) electrons. The van der Waals surface area contributed by atoms with E-state index in [4.69, 9.17) is 28.6 Å². The highest BCUT2D eigenvalue weighted by Gasteiger charge is 2.44. The summed E-state index contributed by atoms with van der Waals surface area (Å²) < 4.78 is 52.8. The molecule has 2 aliphatic rings. The highest BCUT2D eigenvalue weighted by molar-refractivity contribution is 7.85. The maximum atomic E-state index is 9.56. The molecule has 1 saturated heterocycles. The van der Waals surface area contributed by atoms with Gasteiger partial charge in [0.05, 0.1) is 70.7 Å². The molecule has 2 fully saturated rings. The molecule has 1 aliphatic carbocycles. The monoisotopic (exact) mass is 604 g/mol. The normalized spacial score (nSPS) is 17.4. The van der Waals surface area contributed by atoms with Crippen molar-refractivity contribution in [2.75, 3.05) is 53.9 Å². The molecule has 1 N–H and O–H groups in total. The number of rotatable bonds is 11. The standard InChI is InChI=1S/C29H40N3O4.C2H6O3S/c1-6-23-29(32(2,18-20-10-11-20)22-12-14-36-15-13-22)25-9-7-8-24(31(25)30-23)28-26(34-4)16-21(19-33-3)17-27(28)35-5;1-2-6(3,4)5/h7-9,16-17,20,22H,6,10-15,18-19H2,1-5H3;2H2,1H3,(H,3,4,5)/q+1;. The molecular formula is C31H46N3O7S+. The van der Waals surface area contributed by atoms with E-state index in [1.54, 1.807) is 21.3 Å². The number of benzene rings is 1. The number of quaternary nitrogens is 1. The van der Waals surface area contributed by atoms with Gasteiger partial charge < -0.3 is 18.9 Å². The number of aromatic nitrogens is 2. The minimum absolute atomic E-state index is 0.201. The summed E-state index contributed by atoms with van der Waals surface area (Å²) in [6.45, 7) is 6.94. The van der Waals surface area contributed by atoms with E-state index in [1.807, 2.05) is 12.1 Å². The number of ether oxygens (including phenoxy) is 4. The van der Waals surface area contributed by atoms with Crippen LogP contribution in [0.5, 0.6) is 11.5 Å². The summed E-state index contributed by atoms with van der Waals surface area (Å²) in [5.74, 6) is 2.11. The van der Waals surface area contributed by atoms with Crippen molar-refractivity contribution in [1.82, 2.24) is 14.1 Å². The van der Waals surface area contributed by atoms with Crippen LogP contribution in [0.15, 0.2) is 30.3 Å². The molecule has 1 saturated carbocycles. The lowest BCUT2D eigenvalue weighted by molar-refractivity contribution is 0.0436. The summed E-state index contributed by atoms with van der Waals surface area (Å²) >= 11 is 0. The second-order valence-corrected chi connectivity index (χ2v) is 13.0. The smallest absolute Gasteiger partial charge is 0.264 e. The number of aryl methyl sites for hydroxylation is 1. The fourth-order valence-corrected chi connectivity index (χ4v) is 6.07. The van der Waals surface area contributed by atoms with E-state index in [-0.39, 0.29) is 5.75 Å². The third-order valence-electron chi connectivity index (χ3n) is 8.38. The molecule has 3 heterocycles. The van der Waals surface area contributed by atoms with E-state index in [1.165, 1.54) is 43.2 Å². The molecule has 3 aromatic rings. The summed E-state index contributed by atoms with van der Waals surface area (Å²) in [7, 11) is 3.88. The molecule has 0 amide bonds. The van der Waals surface area contributed by atoms with Crippen LogP contribution in [0, 0.1) is 5.92 Å². The van der Waals surface area contributed by atoms with Crippen molar-refractivity contribution in [1.29, 1.82) is 0 Å². The summed E-state index contributed by atoms with van der Waals surface area (Å²) in [5, 5.41) is 5.24. The number of nitrogens with zero attached hydrogens (tertiary/aromatic N) is 3. The van der Waals surface area contributed by atoms with Crippen LogP contribution >= 0.6 is 0 Å². The number of methoxy groups -OCH3 is 3. The molecule has 11 heteroatoms. The average molecular weight is 605 g/mol. The maximum absolute atomic E-state index is 9.56. The molecule has 0 spiro atoms. The lowest BCUT2D eigenvalue weighted by Gasteiger charge is -2.43. The largest absolute Gasteiger partial charge is 0.496 e. The molecule has 42 heavy (non-hydrogen) atoms. The van der Waals surface area contributed by atoms with Gasteiger partial charge in [0, 0.05) is 25.9 Å². The Morgan fingerprint density at radius 1 is 1.05 bits per heavy atom. The first-order chi connectivity index (χ1) is 20.1. The van der Waals surface area contributed by atoms with Gasteiger partial charge in [0.25, 0.3) is 10.1 Å². The van der Waals surface area contributed by atoms with Gasteiger partial charge in [-0.1, -0.05) is 13.0 Å². The van der Waals surface area contributed by atoms with Gasteiger partial charge in [-0.3, -0.25) is 9.04 Å². The first-order valence-electron chi connectivity index (χ1n) is 14.7. The molecule has 1 atom stereocenters. The van der Waals surface area contributed by atoms with Gasteiger partial charge in [-0.05, 0) is 56.0 Å². The van der Waals surface area contributed by atoms with E-state index in [0.717, 1.165) is 71.2 Å². The van der Waals surface area contributed by atoms with Gasteiger partial charge in [0.15, 0.2) is 5.69 Å². The molecule has 5 rings (SSSR count). The van der Waals surface area contributed by atoms with Gasteiger partial charge in [0.1, 0.15) is 22.7 Å². The van der Waals surface area contributed by atoms with Crippen LogP contribution in [-0.2, 0) is 32.6 Å². The molecule has 2 aromatic heterocycles. The summed E-state index contributed by atoms with van der Waals surface area (Å²) in [5.41, 5.74) is 6.59. The Morgan fingerprint density at radius 3 is 2.17 bits per heavy atom. The van der Waals surface area contributed by atoms with Crippen LogP contribution in [-0.4, -0.2) is 82.5 Å². The number of pyridine rings is 1. The molecule has 10 nitrogen and oxygen atoms in total. The highest BCUT2D eigenvalue weighted by Crippen LogP contribution is 2.45. The predicted octanol–water partition coefficient (Wildman–Crippen LogP) is 5.15. The first-order valence-corrected chi connectivity index (χ1v) is 16.3. The van der Waals surface area contributed by atoms with Crippen molar-refractivity contribution in [3.63, 3.8) is 0 Å². The van der Waals surface area contributed by atoms with Crippen molar-refractivity contribution in [2.24, 2.45) is 5.92 Å². The first kappa shape index (κ1) is 32.2. The fraction of sp³-hybridized carbons (Fsp3) is 0.581. The minimum atomic E-state index is -3.66. The summed E-state index contributed by atoms with van der Waals surface area (Å²) in [4.78, 5) is 0. The zero-order chi connectivity index (χ0) is 30.5. The fourth-order valence-electron chi connectivity index (χ4n) is 6.07. The quantitative estimate of drug-likeness (QED) is 0.237. The Labute approximate surface area is 249 Å². The molecule has 1 aromatic carbocycles. The molecular weight excluding hydrogens is 558 g/mol. The highest BCUT2D eigenvalue weighted by atomic mass is 32.2. The van der Waals surface area contributed by atoms with Crippen LogP contribution in [0.3, 0.4) is 0 Å². The topological polar surface area (TPSA) is 109 Å². The van der Waals surface area contributed by atoms with Crippen molar-refractivity contribution in [3.05, 3.63) is 41.6 Å². The minimum Gasteiger partial charge on any atom is -0.496 e. The predicted molar refractivity (Wildman–Crippen MR) is 165 cm³/mol. The van der Waals surface area contributed by atoms with Crippen molar-refractivity contribution in [3.8, 4) is 22.8 Å². The lowest BCUT2D eigenvalue weighted by atomic mass is 10.0. The Kier molecular flexibility index (Phi) is 10.5. The second kappa shape index (κ2) is 13.7. The number of hydrogen-bond donors (Lipinski definition) is 1. The molecule has 0 bridgehead atoms. The Morgan fingerprint density at radius 2 is 1.67 bits per heavy atom. The number of hydrogen-bond acceptors (Lipinski definition) is 7. The molecule has 1 aliphatic heterocycles. The second-order valence-electron chi connectivity index (χ2n) is 11.3. The zero-order valence-electron chi connectivity index (χ0n) is 25.8. The van der Waals surface area contributed by atoms with Gasteiger partial charge >= 0.3 is 0 Å². The van der Waals surface area contributed by atoms with E-state index in [2.05, 4.69) is 36.7 Å². The Hall–Kier alpha value is -2.70. The Bertz CT molecular complexity index is 1440. The molecule has 232 valence electrons. The molecule has 1 unspecified atom stereocenters. The van der Waals surface area contributed by atoms with Gasteiger partial charge in [-0.15, -0.1) is 0 Å². The maximum Gasteiger partial charge on any atom is 0.264 e. The van der Waals surface area contributed by atoms with Gasteiger partial charge in [-0.2, -0.15) is 13.5 Å². The average Bonchev–Trinajstić information content (AvgIpc) is 3.72. The SMILES string of the molecule is CCS(=O)(=O)O.CCc1nn2c(-c3c(OC)cc(COC)cc3OC)cccc2c1[N+](C)(CC1CC1)C1CCOCC1. The number of fused-ring (bicyclic) bond motifs is 1. The van der Waals surface area contributed by atoms with Crippen LogP contribution in [0.4, 0.5) is 5.69 Å². The lowest BCUT2D eigenvalue weighted by Crippen LogP contribution is -2.57. The third kappa shape index (κ3) is 7.08. The van der Waals surface area contributed by atoms with E-state index in [0.29, 0.717) is 12.6 Å².